The van der Waals surface area contributed by atoms with Crippen molar-refractivity contribution in [3.63, 3.8) is 0 Å². The third-order valence-corrected chi connectivity index (χ3v) is 4.83. The molecule has 0 fully saturated rings. The van der Waals surface area contributed by atoms with Gasteiger partial charge in [-0.05, 0) is 36.1 Å². The molecule has 1 aromatic carbocycles. The molecule has 1 aliphatic heterocycles. The van der Waals surface area contributed by atoms with E-state index in [0.717, 1.165) is 29.9 Å². The Hall–Kier alpha value is -3.00. The molecule has 0 saturated heterocycles. The minimum absolute atomic E-state index is 0.0344. The van der Waals surface area contributed by atoms with Gasteiger partial charge >= 0.3 is 0 Å². The second-order valence-corrected chi connectivity index (χ2v) is 7.36. The molecule has 0 saturated carbocycles. The second-order valence-electron chi connectivity index (χ2n) is 7.36. The number of rotatable bonds is 1. The van der Waals surface area contributed by atoms with Crippen molar-refractivity contribution in [2.75, 3.05) is 0 Å². The highest BCUT2D eigenvalue weighted by Gasteiger charge is 2.27. The molecule has 0 aliphatic carbocycles. The fourth-order valence-electron chi connectivity index (χ4n) is 3.37. The quantitative estimate of drug-likeness (QED) is 0.686. The minimum Gasteiger partial charge on any atom is -0.296 e. The van der Waals surface area contributed by atoms with Crippen LogP contribution in [0.2, 0.25) is 0 Å². The predicted molar refractivity (Wildman–Crippen MR) is 96.1 cm³/mol. The first-order valence-corrected chi connectivity index (χ1v) is 8.37. The summed E-state index contributed by atoms with van der Waals surface area (Å²) in [5.41, 5.74) is 3.05. The average molecular weight is 330 g/mol. The van der Waals surface area contributed by atoms with Gasteiger partial charge in [-0.1, -0.05) is 19.9 Å². The largest absolute Gasteiger partial charge is 0.296 e. The van der Waals surface area contributed by atoms with E-state index in [9.17, 15) is 4.79 Å². The molecule has 2 aromatic heterocycles. The molecule has 124 valence electrons. The summed E-state index contributed by atoms with van der Waals surface area (Å²) in [5.74, 6) is 0.863. The maximum atomic E-state index is 12.9. The summed E-state index contributed by atoms with van der Waals surface area (Å²) in [6, 6.07) is 11.2. The van der Waals surface area contributed by atoms with Crippen molar-refractivity contribution in [3.05, 3.63) is 58.3 Å². The topological polar surface area (TPSA) is 71.6 Å². The van der Waals surface area contributed by atoms with Crippen LogP contribution < -0.4 is 5.56 Å². The molecule has 3 heterocycles. The van der Waals surface area contributed by atoms with Crippen LogP contribution in [-0.4, -0.2) is 14.5 Å². The zero-order valence-electron chi connectivity index (χ0n) is 14.3. The highest BCUT2D eigenvalue weighted by atomic mass is 16.1. The van der Waals surface area contributed by atoms with Gasteiger partial charge in [-0.3, -0.25) is 14.3 Å². The zero-order chi connectivity index (χ0) is 17.6. The summed E-state index contributed by atoms with van der Waals surface area (Å²) in [6.07, 6.45) is 3.40. The molecule has 0 atom stereocenters. The summed E-state index contributed by atoms with van der Waals surface area (Å²) in [4.78, 5) is 21.9. The summed E-state index contributed by atoms with van der Waals surface area (Å²) in [5, 5.41) is 9.52. The van der Waals surface area contributed by atoms with Crippen molar-refractivity contribution < 1.29 is 0 Å². The molecule has 5 heteroatoms. The van der Waals surface area contributed by atoms with E-state index in [4.69, 9.17) is 10.2 Å². The third-order valence-electron chi connectivity index (χ3n) is 4.83. The summed E-state index contributed by atoms with van der Waals surface area (Å²) in [7, 11) is 0. The monoisotopic (exact) mass is 330 g/mol. The number of nitriles is 1. The van der Waals surface area contributed by atoms with Crippen LogP contribution in [-0.2, 0) is 13.0 Å². The lowest BCUT2D eigenvalue weighted by Crippen LogP contribution is -2.36. The molecular weight excluding hydrogens is 312 g/mol. The first-order valence-electron chi connectivity index (χ1n) is 8.37. The Labute approximate surface area is 145 Å². The highest BCUT2D eigenvalue weighted by Crippen LogP contribution is 2.30. The Morgan fingerprint density at radius 3 is 2.80 bits per heavy atom. The van der Waals surface area contributed by atoms with Crippen LogP contribution in [0.3, 0.4) is 0 Å². The van der Waals surface area contributed by atoms with Gasteiger partial charge in [0.2, 0.25) is 0 Å². The number of fused-ring (bicyclic) bond motifs is 2. The molecule has 0 bridgehead atoms. The van der Waals surface area contributed by atoms with Crippen LogP contribution in [0.15, 0.2) is 41.3 Å². The van der Waals surface area contributed by atoms with Crippen LogP contribution in [0, 0.1) is 16.7 Å². The number of hydrogen-bond acceptors (Lipinski definition) is 4. The Balaban J connectivity index is 1.84. The van der Waals surface area contributed by atoms with Gasteiger partial charge in [-0.2, -0.15) is 5.26 Å². The van der Waals surface area contributed by atoms with Crippen molar-refractivity contribution in [1.29, 1.82) is 5.26 Å². The first kappa shape index (κ1) is 15.5. The van der Waals surface area contributed by atoms with E-state index >= 15 is 0 Å². The smallest absolute Gasteiger partial charge is 0.261 e. The maximum Gasteiger partial charge on any atom is 0.261 e. The number of pyridine rings is 1. The van der Waals surface area contributed by atoms with Crippen LogP contribution in [0.25, 0.3) is 22.2 Å². The van der Waals surface area contributed by atoms with Gasteiger partial charge in [0, 0.05) is 24.7 Å². The Kier molecular flexibility index (Phi) is 3.43. The van der Waals surface area contributed by atoms with Gasteiger partial charge < -0.3 is 0 Å². The van der Waals surface area contributed by atoms with E-state index in [1.807, 2.05) is 28.8 Å². The first-order chi connectivity index (χ1) is 12.0. The Morgan fingerprint density at radius 1 is 1.24 bits per heavy atom. The predicted octanol–water partition coefficient (Wildman–Crippen LogP) is 3.30. The number of hydrogen-bond donors (Lipinski definition) is 0. The minimum atomic E-state index is 0.0344. The van der Waals surface area contributed by atoms with E-state index < -0.39 is 0 Å². The van der Waals surface area contributed by atoms with Gasteiger partial charge in [0.1, 0.15) is 11.9 Å². The van der Waals surface area contributed by atoms with E-state index in [2.05, 4.69) is 24.9 Å². The lowest BCUT2D eigenvalue weighted by Gasteiger charge is -2.31. The van der Waals surface area contributed by atoms with Gasteiger partial charge in [0.15, 0.2) is 0 Å². The van der Waals surface area contributed by atoms with Crippen molar-refractivity contribution >= 4 is 10.9 Å². The molecule has 0 radical (unpaired) electrons. The normalized spacial score (nSPS) is 15.6. The molecule has 0 amide bonds. The molecular formula is C20H18N4O. The van der Waals surface area contributed by atoms with Gasteiger partial charge in [-0.25, -0.2) is 4.98 Å². The van der Waals surface area contributed by atoms with Crippen molar-refractivity contribution in [3.8, 4) is 17.3 Å². The lowest BCUT2D eigenvalue weighted by molar-refractivity contribution is 0.240. The SMILES string of the molecule is CC1(C)CCc2nc3cc(-c4ccc(C#N)cn4)ccc3c(=O)n2C1. The average Bonchev–Trinajstić information content (AvgIpc) is 2.62. The van der Waals surface area contributed by atoms with E-state index in [0.29, 0.717) is 23.0 Å². The van der Waals surface area contributed by atoms with Crippen LogP contribution >= 0.6 is 0 Å². The molecule has 25 heavy (non-hydrogen) atoms. The highest BCUT2D eigenvalue weighted by molar-refractivity contribution is 5.83. The second kappa shape index (κ2) is 5.52. The van der Waals surface area contributed by atoms with Crippen molar-refractivity contribution in [2.45, 2.75) is 33.2 Å². The fraction of sp³-hybridized carbons (Fsp3) is 0.300. The number of aryl methyl sites for hydroxylation is 1. The molecule has 0 unspecified atom stereocenters. The molecule has 5 nitrogen and oxygen atoms in total. The molecule has 1 aliphatic rings. The maximum absolute atomic E-state index is 12.9. The number of benzene rings is 1. The summed E-state index contributed by atoms with van der Waals surface area (Å²) < 4.78 is 1.82. The fourth-order valence-corrected chi connectivity index (χ4v) is 3.37. The number of aromatic nitrogens is 3. The standard InChI is InChI=1S/C20H18N4O/c1-20(2)8-7-18-23-17-9-14(16-6-3-13(10-21)11-22-16)4-5-15(17)19(25)24(18)12-20/h3-6,9,11H,7-8,12H2,1-2H3. The summed E-state index contributed by atoms with van der Waals surface area (Å²) >= 11 is 0. The lowest BCUT2D eigenvalue weighted by atomic mass is 9.85. The molecule has 0 N–H and O–H groups in total. The molecule has 4 rings (SSSR count). The van der Waals surface area contributed by atoms with E-state index in [1.54, 1.807) is 12.3 Å². The molecule has 0 spiro atoms. The number of nitrogens with zero attached hydrogens (tertiary/aromatic N) is 4. The summed E-state index contributed by atoms with van der Waals surface area (Å²) in [6.45, 7) is 5.08. The van der Waals surface area contributed by atoms with Gasteiger partial charge in [0.05, 0.1) is 22.2 Å². The third kappa shape index (κ3) is 2.70. The Morgan fingerprint density at radius 2 is 2.08 bits per heavy atom. The van der Waals surface area contributed by atoms with Crippen LogP contribution in [0.4, 0.5) is 0 Å². The van der Waals surface area contributed by atoms with Crippen LogP contribution in [0.1, 0.15) is 31.7 Å². The van der Waals surface area contributed by atoms with Crippen LogP contribution in [0.5, 0.6) is 0 Å². The zero-order valence-corrected chi connectivity index (χ0v) is 14.3. The van der Waals surface area contributed by atoms with Crippen molar-refractivity contribution in [2.24, 2.45) is 5.41 Å². The Bertz CT molecular complexity index is 1070. The van der Waals surface area contributed by atoms with E-state index in [-0.39, 0.29) is 11.0 Å². The van der Waals surface area contributed by atoms with Gasteiger partial charge in [-0.15, -0.1) is 0 Å². The van der Waals surface area contributed by atoms with Gasteiger partial charge in [0.25, 0.3) is 5.56 Å². The van der Waals surface area contributed by atoms with Crippen molar-refractivity contribution in [1.82, 2.24) is 14.5 Å². The van der Waals surface area contributed by atoms with E-state index in [1.165, 1.54) is 0 Å². The molecule has 3 aromatic rings.